The molecular weight excluding hydrogens is 163 g/mol. The smallest absolute Gasteiger partial charge is 0.0432 e. The maximum atomic E-state index is 5.50. The van der Waals surface area contributed by atoms with Crippen molar-refractivity contribution in [3.8, 4) is 0 Å². The van der Waals surface area contributed by atoms with E-state index in [9.17, 15) is 0 Å². The Kier molecular flexibility index (Phi) is 3.23. The molecule has 0 bridgehead atoms. The van der Waals surface area contributed by atoms with Crippen LogP contribution in [-0.4, -0.2) is 10.2 Å². The Morgan fingerprint density at radius 2 is 2.00 bits per heavy atom. The van der Waals surface area contributed by atoms with Gasteiger partial charge in [0.05, 0.1) is 0 Å². The van der Waals surface area contributed by atoms with E-state index in [1.807, 2.05) is 6.92 Å². The molecule has 0 aromatic carbocycles. The van der Waals surface area contributed by atoms with Crippen molar-refractivity contribution in [1.82, 2.24) is 0 Å². The Balaban J connectivity index is 2.99. The van der Waals surface area contributed by atoms with E-state index in [-0.39, 0.29) is 10.2 Å². The van der Waals surface area contributed by atoms with Crippen molar-refractivity contribution >= 4 is 27.5 Å². The van der Waals surface area contributed by atoms with Crippen LogP contribution in [-0.2, 0) is 0 Å². The molecule has 2 heteroatoms. The molecule has 0 nitrogen and oxygen atoms in total. The lowest BCUT2D eigenvalue weighted by molar-refractivity contribution is 0.999. The van der Waals surface area contributed by atoms with Crippen molar-refractivity contribution in [3.63, 3.8) is 0 Å². The van der Waals surface area contributed by atoms with Gasteiger partial charge in [0, 0.05) is 10.2 Å². The van der Waals surface area contributed by atoms with E-state index in [1.54, 1.807) is 0 Å². The van der Waals surface area contributed by atoms with Crippen molar-refractivity contribution in [1.29, 1.82) is 0 Å². The topological polar surface area (TPSA) is 0 Å². The fraction of sp³-hybridized carbons (Fsp3) is 0.750. The fourth-order valence-corrected chi connectivity index (χ4v) is 0. The highest BCUT2D eigenvalue weighted by molar-refractivity contribution is 9.09. The Hall–Kier alpha value is 0.770. The molecule has 0 rings (SSSR count). The van der Waals surface area contributed by atoms with Gasteiger partial charge in [-0.3, -0.25) is 0 Å². The molecule has 37 valence electrons. The van der Waals surface area contributed by atoms with E-state index in [4.69, 9.17) is 11.6 Å². The molecule has 0 aliphatic heterocycles. The molecule has 0 aromatic rings. The van der Waals surface area contributed by atoms with E-state index >= 15 is 0 Å². The summed E-state index contributed by atoms with van der Waals surface area (Å²) < 4.78 is 0. The summed E-state index contributed by atoms with van der Waals surface area (Å²) in [4.78, 5) is 0.180. The second-order valence-electron chi connectivity index (χ2n) is 1.19. The van der Waals surface area contributed by atoms with Crippen LogP contribution >= 0.6 is 27.5 Å². The van der Waals surface area contributed by atoms with Crippen LogP contribution in [0.5, 0.6) is 0 Å². The zero-order chi connectivity index (χ0) is 5.15. The van der Waals surface area contributed by atoms with Gasteiger partial charge in [0.1, 0.15) is 0 Å². The largest absolute Gasteiger partial charge is 0.122 e. The van der Waals surface area contributed by atoms with Gasteiger partial charge in [0.25, 0.3) is 0 Å². The van der Waals surface area contributed by atoms with Gasteiger partial charge in [-0.2, -0.15) is 0 Å². The second-order valence-corrected chi connectivity index (χ2v) is 3.06. The Labute approximate surface area is 52.0 Å². The first kappa shape index (κ1) is 6.77. The minimum absolute atomic E-state index is 0.130. The standard InChI is InChI=1S/C4H7BrCl/c1-3(5)4(2)6/h3-4H,1H2,2H3. The first-order chi connectivity index (χ1) is 2.64. The summed E-state index contributed by atoms with van der Waals surface area (Å²) in [5.74, 6) is 0. The maximum absolute atomic E-state index is 5.50. The van der Waals surface area contributed by atoms with Crippen molar-refractivity contribution < 1.29 is 0 Å². The SMILES string of the molecule is [CH2]C(Br)C(C)Cl. The van der Waals surface area contributed by atoms with Crippen LogP contribution in [0.15, 0.2) is 0 Å². The molecule has 0 saturated carbocycles. The van der Waals surface area contributed by atoms with Crippen molar-refractivity contribution in [3.05, 3.63) is 6.92 Å². The summed E-state index contributed by atoms with van der Waals surface area (Å²) in [6, 6.07) is 0. The van der Waals surface area contributed by atoms with Crippen LogP contribution in [0.3, 0.4) is 0 Å². The van der Waals surface area contributed by atoms with Gasteiger partial charge in [-0.15, -0.1) is 11.6 Å². The Bertz CT molecular complexity index is 28.5. The lowest BCUT2D eigenvalue weighted by Gasteiger charge is -2.00. The van der Waals surface area contributed by atoms with Crippen molar-refractivity contribution in [2.45, 2.75) is 17.1 Å². The predicted molar refractivity (Wildman–Crippen MR) is 33.4 cm³/mol. The quantitative estimate of drug-likeness (QED) is 0.529. The van der Waals surface area contributed by atoms with Gasteiger partial charge >= 0.3 is 0 Å². The summed E-state index contributed by atoms with van der Waals surface area (Å²) in [6.45, 7) is 5.52. The highest BCUT2D eigenvalue weighted by Gasteiger charge is 2.00. The summed E-state index contributed by atoms with van der Waals surface area (Å²) in [6.07, 6.45) is 0. The molecular formula is C4H7BrCl. The summed E-state index contributed by atoms with van der Waals surface area (Å²) in [5, 5.41) is 0.130. The number of hydrogen-bond donors (Lipinski definition) is 0. The van der Waals surface area contributed by atoms with E-state index in [1.165, 1.54) is 0 Å². The van der Waals surface area contributed by atoms with Gasteiger partial charge in [-0.25, -0.2) is 0 Å². The highest BCUT2D eigenvalue weighted by Crippen LogP contribution is 2.08. The molecule has 0 amide bonds. The highest BCUT2D eigenvalue weighted by atomic mass is 79.9. The van der Waals surface area contributed by atoms with E-state index in [0.717, 1.165) is 0 Å². The molecule has 0 saturated heterocycles. The maximum Gasteiger partial charge on any atom is 0.0432 e. The molecule has 0 N–H and O–H groups in total. The van der Waals surface area contributed by atoms with Crippen LogP contribution in [0.2, 0.25) is 0 Å². The van der Waals surface area contributed by atoms with E-state index in [2.05, 4.69) is 22.9 Å². The summed E-state index contributed by atoms with van der Waals surface area (Å²) >= 11 is 8.70. The first-order valence-corrected chi connectivity index (χ1v) is 3.11. The molecule has 2 atom stereocenters. The van der Waals surface area contributed by atoms with E-state index in [0.29, 0.717) is 0 Å². The van der Waals surface area contributed by atoms with Gasteiger partial charge in [-0.1, -0.05) is 15.9 Å². The van der Waals surface area contributed by atoms with Gasteiger partial charge < -0.3 is 0 Å². The molecule has 0 aliphatic rings. The van der Waals surface area contributed by atoms with Gasteiger partial charge in [0.15, 0.2) is 0 Å². The molecule has 6 heavy (non-hydrogen) atoms. The number of halogens is 2. The van der Waals surface area contributed by atoms with Gasteiger partial charge in [-0.05, 0) is 13.8 Å². The predicted octanol–water partition coefficient (Wildman–Crippen LogP) is 2.21. The summed E-state index contributed by atoms with van der Waals surface area (Å²) in [7, 11) is 0. The monoisotopic (exact) mass is 169 g/mol. The van der Waals surface area contributed by atoms with Crippen LogP contribution in [0.25, 0.3) is 0 Å². The minimum atomic E-state index is 0.130. The number of alkyl halides is 2. The molecule has 0 aliphatic carbocycles. The third-order valence-corrected chi connectivity index (χ3v) is 1.90. The van der Waals surface area contributed by atoms with Crippen molar-refractivity contribution in [2.75, 3.05) is 0 Å². The van der Waals surface area contributed by atoms with Crippen molar-refractivity contribution in [2.24, 2.45) is 0 Å². The molecule has 1 radical (unpaired) electrons. The normalized spacial score (nSPS) is 20.0. The number of rotatable bonds is 1. The zero-order valence-corrected chi connectivity index (χ0v) is 5.96. The lowest BCUT2D eigenvalue weighted by Crippen LogP contribution is -2.03. The third kappa shape index (κ3) is 2.98. The summed E-state index contributed by atoms with van der Waals surface area (Å²) in [5.41, 5.74) is 0. The van der Waals surface area contributed by atoms with Crippen LogP contribution in [0.4, 0.5) is 0 Å². The minimum Gasteiger partial charge on any atom is -0.122 e. The first-order valence-electron chi connectivity index (χ1n) is 1.76. The fourth-order valence-electron chi connectivity index (χ4n) is 0. The van der Waals surface area contributed by atoms with E-state index < -0.39 is 0 Å². The zero-order valence-electron chi connectivity index (χ0n) is 3.62. The Morgan fingerprint density at radius 1 is 1.83 bits per heavy atom. The molecule has 2 unspecified atom stereocenters. The number of hydrogen-bond acceptors (Lipinski definition) is 0. The van der Waals surface area contributed by atoms with Crippen LogP contribution in [0, 0.1) is 6.92 Å². The second kappa shape index (κ2) is 2.86. The molecule has 0 heterocycles. The molecule has 0 fully saturated rings. The average molecular weight is 170 g/mol. The lowest BCUT2D eigenvalue weighted by atomic mass is 10.4. The third-order valence-electron chi connectivity index (χ3n) is 0.498. The molecule has 0 aromatic heterocycles. The average Bonchev–Trinajstić information content (AvgIpc) is 1.36. The molecule has 0 spiro atoms. The van der Waals surface area contributed by atoms with Crippen LogP contribution in [0.1, 0.15) is 6.92 Å². The van der Waals surface area contributed by atoms with Gasteiger partial charge in [0.2, 0.25) is 0 Å². The Morgan fingerprint density at radius 3 is 2.00 bits per heavy atom. The van der Waals surface area contributed by atoms with Crippen LogP contribution < -0.4 is 0 Å².